The maximum Gasteiger partial charge on any atom is 0.405 e. The standard InChI is InChI=1S/C11H22F3N3/c1-8(15)10(11(12,13)14)17(3)9-4-6-16(2)7-5-9/h8-10H,4-7,15H2,1-3H3. The van der Waals surface area contributed by atoms with Crippen LogP contribution in [0.2, 0.25) is 0 Å². The van der Waals surface area contributed by atoms with Crippen molar-refractivity contribution in [2.24, 2.45) is 5.73 Å². The number of likely N-dealkylation sites (tertiary alicyclic amines) is 1. The van der Waals surface area contributed by atoms with Crippen molar-refractivity contribution in [1.29, 1.82) is 0 Å². The van der Waals surface area contributed by atoms with E-state index in [0.717, 1.165) is 25.9 Å². The number of nitrogens with two attached hydrogens (primary N) is 1. The van der Waals surface area contributed by atoms with Crippen molar-refractivity contribution in [3.8, 4) is 0 Å². The number of hydrogen-bond acceptors (Lipinski definition) is 3. The first-order valence-electron chi connectivity index (χ1n) is 5.96. The van der Waals surface area contributed by atoms with Gasteiger partial charge in [0.2, 0.25) is 0 Å². The van der Waals surface area contributed by atoms with Crippen molar-refractivity contribution in [3.05, 3.63) is 0 Å². The Morgan fingerprint density at radius 2 is 1.76 bits per heavy atom. The zero-order chi connectivity index (χ0) is 13.2. The molecule has 102 valence electrons. The molecule has 0 saturated carbocycles. The quantitative estimate of drug-likeness (QED) is 0.822. The average Bonchev–Trinajstić information content (AvgIpc) is 2.15. The van der Waals surface area contributed by atoms with Crippen LogP contribution in [0.4, 0.5) is 13.2 Å². The minimum Gasteiger partial charge on any atom is -0.326 e. The largest absolute Gasteiger partial charge is 0.405 e. The number of rotatable bonds is 3. The van der Waals surface area contributed by atoms with E-state index in [9.17, 15) is 13.2 Å². The molecule has 1 fully saturated rings. The molecule has 2 N–H and O–H groups in total. The Kier molecular flexibility index (Phi) is 4.80. The lowest BCUT2D eigenvalue weighted by Crippen LogP contribution is -2.58. The molecule has 1 rings (SSSR count). The van der Waals surface area contributed by atoms with E-state index in [0.29, 0.717) is 0 Å². The molecule has 6 heteroatoms. The topological polar surface area (TPSA) is 32.5 Å². The first-order chi connectivity index (χ1) is 7.73. The van der Waals surface area contributed by atoms with E-state index in [4.69, 9.17) is 5.73 Å². The van der Waals surface area contributed by atoms with Crippen molar-refractivity contribution in [1.82, 2.24) is 9.80 Å². The zero-order valence-corrected chi connectivity index (χ0v) is 10.7. The Morgan fingerprint density at radius 1 is 1.29 bits per heavy atom. The maximum atomic E-state index is 12.9. The Labute approximate surface area is 101 Å². The van der Waals surface area contributed by atoms with E-state index < -0.39 is 18.3 Å². The lowest BCUT2D eigenvalue weighted by atomic mass is 9.99. The SMILES string of the molecule is CC(N)C(N(C)C1CCN(C)CC1)C(F)(F)F. The molecule has 1 heterocycles. The van der Waals surface area contributed by atoms with Crippen molar-refractivity contribution in [2.75, 3.05) is 27.2 Å². The predicted octanol–water partition coefficient (Wildman–Crippen LogP) is 1.29. The summed E-state index contributed by atoms with van der Waals surface area (Å²) in [5, 5.41) is 0. The molecule has 2 unspecified atom stereocenters. The van der Waals surface area contributed by atoms with Crippen LogP contribution < -0.4 is 5.73 Å². The maximum absolute atomic E-state index is 12.9. The Morgan fingerprint density at radius 3 is 2.12 bits per heavy atom. The molecule has 1 aliphatic rings. The second-order valence-electron chi connectivity index (χ2n) is 5.05. The van der Waals surface area contributed by atoms with Crippen LogP contribution in [0.1, 0.15) is 19.8 Å². The fourth-order valence-corrected chi connectivity index (χ4v) is 2.53. The van der Waals surface area contributed by atoms with Gasteiger partial charge in [0, 0.05) is 12.1 Å². The number of piperidine rings is 1. The minimum absolute atomic E-state index is 0.0242. The van der Waals surface area contributed by atoms with Crippen molar-refractivity contribution in [3.63, 3.8) is 0 Å². The zero-order valence-electron chi connectivity index (χ0n) is 10.7. The van der Waals surface area contributed by atoms with Gasteiger partial charge >= 0.3 is 6.18 Å². The monoisotopic (exact) mass is 253 g/mol. The van der Waals surface area contributed by atoms with Gasteiger partial charge in [-0.05, 0) is 47.0 Å². The van der Waals surface area contributed by atoms with Crippen LogP contribution in [0.15, 0.2) is 0 Å². The molecule has 0 amide bonds. The molecule has 0 aromatic carbocycles. The summed E-state index contributed by atoms with van der Waals surface area (Å²) in [6.45, 7) is 3.11. The molecule has 1 aliphatic heterocycles. The van der Waals surface area contributed by atoms with Crippen molar-refractivity contribution < 1.29 is 13.2 Å². The highest BCUT2D eigenvalue weighted by Gasteiger charge is 2.46. The van der Waals surface area contributed by atoms with Crippen LogP contribution in [-0.4, -0.2) is 61.3 Å². The summed E-state index contributed by atoms with van der Waals surface area (Å²) in [5.41, 5.74) is 5.49. The first kappa shape index (κ1) is 14.7. The van der Waals surface area contributed by atoms with Gasteiger partial charge in [-0.25, -0.2) is 0 Å². The molecule has 0 bridgehead atoms. The summed E-state index contributed by atoms with van der Waals surface area (Å²) in [7, 11) is 3.53. The van der Waals surface area contributed by atoms with Gasteiger partial charge in [-0.3, -0.25) is 4.90 Å². The van der Waals surface area contributed by atoms with E-state index in [1.807, 2.05) is 7.05 Å². The summed E-state index contributed by atoms with van der Waals surface area (Å²) in [5.74, 6) is 0. The smallest absolute Gasteiger partial charge is 0.326 e. The van der Waals surface area contributed by atoms with Gasteiger partial charge in [0.25, 0.3) is 0 Å². The fraction of sp³-hybridized carbons (Fsp3) is 1.00. The lowest BCUT2D eigenvalue weighted by Gasteiger charge is -2.41. The van der Waals surface area contributed by atoms with Gasteiger partial charge in [0.05, 0.1) is 0 Å². The number of halogens is 3. The molecule has 0 aromatic rings. The highest BCUT2D eigenvalue weighted by atomic mass is 19.4. The third-order valence-corrected chi connectivity index (χ3v) is 3.54. The van der Waals surface area contributed by atoms with E-state index in [2.05, 4.69) is 4.90 Å². The molecule has 0 aliphatic carbocycles. The number of nitrogens with zero attached hydrogens (tertiary/aromatic N) is 2. The molecular weight excluding hydrogens is 231 g/mol. The Bertz CT molecular complexity index is 235. The van der Waals surface area contributed by atoms with Crippen LogP contribution >= 0.6 is 0 Å². The highest BCUT2D eigenvalue weighted by molar-refractivity contribution is 4.89. The van der Waals surface area contributed by atoms with Crippen molar-refractivity contribution >= 4 is 0 Å². The summed E-state index contributed by atoms with van der Waals surface area (Å²) in [4.78, 5) is 3.55. The van der Waals surface area contributed by atoms with Gasteiger partial charge < -0.3 is 10.6 Å². The third-order valence-electron chi connectivity index (χ3n) is 3.54. The summed E-state index contributed by atoms with van der Waals surface area (Å²) >= 11 is 0. The molecule has 0 radical (unpaired) electrons. The van der Waals surface area contributed by atoms with Gasteiger partial charge in [-0.15, -0.1) is 0 Å². The fourth-order valence-electron chi connectivity index (χ4n) is 2.53. The number of hydrogen-bond donors (Lipinski definition) is 1. The van der Waals surface area contributed by atoms with Gasteiger partial charge in [-0.2, -0.15) is 13.2 Å². The van der Waals surface area contributed by atoms with Gasteiger partial charge in [0.1, 0.15) is 6.04 Å². The number of likely N-dealkylation sites (N-methyl/N-ethyl adjacent to an activating group) is 1. The van der Waals surface area contributed by atoms with Crippen LogP contribution in [-0.2, 0) is 0 Å². The van der Waals surface area contributed by atoms with Crippen LogP contribution in [0.25, 0.3) is 0 Å². The molecule has 1 saturated heterocycles. The minimum atomic E-state index is -4.26. The van der Waals surface area contributed by atoms with Crippen molar-refractivity contribution in [2.45, 2.75) is 44.1 Å². The lowest BCUT2D eigenvalue weighted by molar-refractivity contribution is -0.191. The van der Waals surface area contributed by atoms with Crippen LogP contribution in [0, 0.1) is 0 Å². The normalized spacial score (nSPS) is 24.0. The second-order valence-corrected chi connectivity index (χ2v) is 5.05. The molecule has 3 nitrogen and oxygen atoms in total. The van der Waals surface area contributed by atoms with E-state index in [1.54, 1.807) is 0 Å². The van der Waals surface area contributed by atoms with E-state index in [-0.39, 0.29) is 6.04 Å². The van der Waals surface area contributed by atoms with Crippen LogP contribution in [0.5, 0.6) is 0 Å². The Balaban J connectivity index is 2.68. The summed E-state index contributed by atoms with van der Waals surface area (Å²) in [6, 6.07) is -2.47. The third kappa shape index (κ3) is 3.82. The molecule has 17 heavy (non-hydrogen) atoms. The predicted molar refractivity (Wildman–Crippen MR) is 61.8 cm³/mol. The Hall–Kier alpha value is -0.330. The second kappa shape index (κ2) is 5.54. The highest BCUT2D eigenvalue weighted by Crippen LogP contribution is 2.29. The van der Waals surface area contributed by atoms with E-state index >= 15 is 0 Å². The molecular formula is C11H22F3N3. The summed E-state index contributed by atoms with van der Waals surface area (Å²) in [6.07, 6.45) is -2.72. The van der Waals surface area contributed by atoms with Crippen LogP contribution in [0.3, 0.4) is 0 Å². The van der Waals surface area contributed by atoms with E-state index in [1.165, 1.54) is 18.9 Å². The summed E-state index contributed by atoms with van der Waals surface area (Å²) < 4.78 is 38.8. The molecule has 0 aromatic heterocycles. The molecule has 2 atom stereocenters. The molecule has 0 spiro atoms. The van der Waals surface area contributed by atoms with Gasteiger partial charge in [0.15, 0.2) is 0 Å². The van der Waals surface area contributed by atoms with Gasteiger partial charge in [-0.1, -0.05) is 0 Å². The first-order valence-corrected chi connectivity index (χ1v) is 5.96. The average molecular weight is 253 g/mol. The number of alkyl halides is 3.